The molecule has 0 unspecified atom stereocenters. The number of benzene rings is 2. The summed E-state index contributed by atoms with van der Waals surface area (Å²) < 4.78 is 0. The molecular weight excluding hydrogens is 296 g/mol. The highest BCUT2D eigenvalue weighted by molar-refractivity contribution is 5.67. The molecule has 122 valence electrons. The molecule has 4 heteroatoms. The molecule has 2 N–H and O–H groups in total. The van der Waals surface area contributed by atoms with Gasteiger partial charge in [0.2, 0.25) is 5.95 Å². The zero-order valence-corrected chi connectivity index (χ0v) is 14.2. The van der Waals surface area contributed by atoms with E-state index in [1.165, 1.54) is 0 Å². The van der Waals surface area contributed by atoms with Crippen LogP contribution in [-0.4, -0.2) is 16.0 Å². The fourth-order valence-corrected chi connectivity index (χ4v) is 2.46. The van der Waals surface area contributed by atoms with E-state index in [-0.39, 0.29) is 0 Å². The molecule has 1 aromatic heterocycles. The summed E-state index contributed by atoms with van der Waals surface area (Å²) in [5.74, 6) is 1.41. The van der Waals surface area contributed by atoms with Gasteiger partial charge in [-0.05, 0) is 32.4 Å². The van der Waals surface area contributed by atoms with Crippen molar-refractivity contribution in [2.45, 2.75) is 26.8 Å². The maximum absolute atomic E-state index is 4.69. The highest BCUT2D eigenvalue weighted by Crippen LogP contribution is 2.24. The van der Waals surface area contributed by atoms with Crippen molar-refractivity contribution in [3.05, 3.63) is 66.2 Å². The quantitative estimate of drug-likeness (QED) is 0.694. The highest BCUT2D eigenvalue weighted by Gasteiger charge is 2.08. The first-order chi connectivity index (χ1) is 11.6. The zero-order valence-electron chi connectivity index (χ0n) is 14.2. The average Bonchev–Trinajstić information content (AvgIpc) is 2.57. The standard InChI is InChI=1S/C20H22N4/c1-14(2)21-19-13-18(16-10-5-4-6-11-16)23-20(24-19)22-17-12-8-7-9-15(17)3/h4-14H,1-3H3,(H2,21,22,23,24). The molecule has 0 radical (unpaired) electrons. The van der Waals surface area contributed by atoms with Crippen LogP contribution in [0.15, 0.2) is 60.7 Å². The Morgan fingerprint density at radius 1 is 0.875 bits per heavy atom. The topological polar surface area (TPSA) is 49.8 Å². The van der Waals surface area contributed by atoms with Crippen LogP contribution < -0.4 is 10.6 Å². The molecule has 0 bridgehead atoms. The Balaban J connectivity index is 2.00. The molecule has 0 fully saturated rings. The van der Waals surface area contributed by atoms with Crippen molar-refractivity contribution in [2.75, 3.05) is 10.6 Å². The molecule has 0 atom stereocenters. The zero-order chi connectivity index (χ0) is 16.9. The first-order valence-corrected chi connectivity index (χ1v) is 8.15. The number of nitrogens with zero attached hydrogens (tertiary/aromatic N) is 2. The lowest BCUT2D eigenvalue weighted by atomic mass is 10.1. The van der Waals surface area contributed by atoms with Gasteiger partial charge in [-0.1, -0.05) is 48.5 Å². The molecular formula is C20H22N4. The Kier molecular flexibility index (Phi) is 4.75. The summed E-state index contributed by atoms with van der Waals surface area (Å²) in [4.78, 5) is 9.29. The number of aryl methyl sites for hydroxylation is 1. The van der Waals surface area contributed by atoms with Crippen molar-refractivity contribution in [1.29, 1.82) is 0 Å². The van der Waals surface area contributed by atoms with E-state index in [4.69, 9.17) is 0 Å². The van der Waals surface area contributed by atoms with Crippen molar-refractivity contribution in [3.63, 3.8) is 0 Å². The van der Waals surface area contributed by atoms with Gasteiger partial charge in [0, 0.05) is 23.4 Å². The third-order valence-corrected chi connectivity index (χ3v) is 3.62. The lowest BCUT2D eigenvalue weighted by Gasteiger charge is -2.14. The Labute approximate surface area is 143 Å². The number of hydrogen-bond donors (Lipinski definition) is 2. The first kappa shape index (κ1) is 16.0. The molecule has 2 aromatic carbocycles. The molecule has 0 spiro atoms. The van der Waals surface area contributed by atoms with Gasteiger partial charge in [-0.3, -0.25) is 0 Å². The van der Waals surface area contributed by atoms with E-state index in [1.807, 2.05) is 42.5 Å². The van der Waals surface area contributed by atoms with Gasteiger partial charge in [-0.25, -0.2) is 4.98 Å². The third kappa shape index (κ3) is 3.90. The summed E-state index contributed by atoms with van der Waals surface area (Å²) in [5, 5.41) is 6.70. The van der Waals surface area contributed by atoms with Crippen LogP contribution in [0.5, 0.6) is 0 Å². The SMILES string of the molecule is Cc1ccccc1Nc1nc(NC(C)C)cc(-c2ccccc2)n1. The fraction of sp³-hybridized carbons (Fsp3) is 0.200. The van der Waals surface area contributed by atoms with Crippen molar-refractivity contribution in [2.24, 2.45) is 0 Å². The van der Waals surface area contributed by atoms with Gasteiger partial charge in [-0.15, -0.1) is 0 Å². The van der Waals surface area contributed by atoms with E-state index in [0.29, 0.717) is 12.0 Å². The fourth-order valence-electron chi connectivity index (χ4n) is 2.46. The number of aromatic nitrogens is 2. The van der Waals surface area contributed by atoms with Crippen molar-refractivity contribution in [1.82, 2.24) is 9.97 Å². The van der Waals surface area contributed by atoms with Crippen molar-refractivity contribution >= 4 is 17.5 Å². The number of rotatable bonds is 5. The summed E-state index contributed by atoms with van der Waals surface area (Å²) in [6.07, 6.45) is 0. The first-order valence-electron chi connectivity index (χ1n) is 8.15. The van der Waals surface area contributed by atoms with E-state index in [0.717, 1.165) is 28.3 Å². The molecule has 0 saturated carbocycles. The Morgan fingerprint density at radius 2 is 1.58 bits per heavy atom. The number of anilines is 3. The summed E-state index contributed by atoms with van der Waals surface area (Å²) >= 11 is 0. The van der Waals surface area contributed by atoms with Crippen LogP contribution in [0.3, 0.4) is 0 Å². The van der Waals surface area contributed by atoms with Gasteiger partial charge >= 0.3 is 0 Å². The van der Waals surface area contributed by atoms with Crippen LogP contribution in [0.25, 0.3) is 11.3 Å². The van der Waals surface area contributed by atoms with Crippen LogP contribution in [0.4, 0.5) is 17.5 Å². The van der Waals surface area contributed by atoms with Crippen LogP contribution >= 0.6 is 0 Å². The van der Waals surface area contributed by atoms with Gasteiger partial charge in [0.15, 0.2) is 0 Å². The molecule has 3 aromatic rings. The van der Waals surface area contributed by atoms with Gasteiger partial charge in [0.1, 0.15) is 5.82 Å². The molecule has 0 aliphatic heterocycles. The lowest BCUT2D eigenvalue weighted by Crippen LogP contribution is -2.12. The summed E-state index contributed by atoms with van der Waals surface area (Å²) in [7, 11) is 0. The maximum atomic E-state index is 4.69. The molecule has 24 heavy (non-hydrogen) atoms. The summed E-state index contributed by atoms with van der Waals surface area (Å²) in [5.41, 5.74) is 4.13. The maximum Gasteiger partial charge on any atom is 0.229 e. The van der Waals surface area contributed by atoms with Crippen LogP contribution in [0.2, 0.25) is 0 Å². The van der Waals surface area contributed by atoms with Crippen molar-refractivity contribution in [3.8, 4) is 11.3 Å². The van der Waals surface area contributed by atoms with E-state index < -0.39 is 0 Å². The Hall–Kier alpha value is -2.88. The minimum atomic E-state index is 0.301. The monoisotopic (exact) mass is 318 g/mol. The normalized spacial score (nSPS) is 10.7. The Bertz CT molecular complexity index is 813. The molecule has 0 saturated heterocycles. The molecule has 0 amide bonds. The van der Waals surface area contributed by atoms with Crippen LogP contribution in [-0.2, 0) is 0 Å². The second-order valence-electron chi connectivity index (χ2n) is 6.07. The van der Waals surface area contributed by atoms with Gasteiger partial charge in [-0.2, -0.15) is 4.98 Å². The second kappa shape index (κ2) is 7.13. The Morgan fingerprint density at radius 3 is 2.29 bits per heavy atom. The smallest absolute Gasteiger partial charge is 0.229 e. The number of nitrogens with one attached hydrogen (secondary N) is 2. The largest absolute Gasteiger partial charge is 0.368 e. The summed E-state index contributed by atoms with van der Waals surface area (Å²) in [6, 6.07) is 20.6. The van der Waals surface area contributed by atoms with Crippen LogP contribution in [0, 0.1) is 6.92 Å². The third-order valence-electron chi connectivity index (χ3n) is 3.62. The van der Waals surface area contributed by atoms with Gasteiger partial charge < -0.3 is 10.6 Å². The van der Waals surface area contributed by atoms with E-state index in [2.05, 4.69) is 59.6 Å². The molecule has 0 aliphatic rings. The number of para-hydroxylation sites is 1. The predicted molar refractivity (Wildman–Crippen MR) is 101 cm³/mol. The highest BCUT2D eigenvalue weighted by atomic mass is 15.1. The lowest BCUT2D eigenvalue weighted by molar-refractivity contribution is 0.887. The van der Waals surface area contributed by atoms with E-state index in [9.17, 15) is 0 Å². The molecule has 3 rings (SSSR count). The second-order valence-corrected chi connectivity index (χ2v) is 6.07. The van der Waals surface area contributed by atoms with E-state index >= 15 is 0 Å². The van der Waals surface area contributed by atoms with Crippen LogP contribution in [0.1, 0.15) is 19.4 Å². The molecule has 4 nitrogen and oxygen atoms in total. The van der Waals surface area contributed by atoms with Gasteiger partial charge in [0.25, 0.3) is 0 Å². The van der Waals surface area contributed by atoms with Crippen molar-refractivity contribution < 1.29 is 0 Å². The average molecular weight is 318 g/mol. The molecule has 1 heterocycles. The summed E-state index contributed by atoms with van der Waals surface area (Å²) in [6.45, 7) is 6.26. The van der Waals surface area contributed by atoms with E-state index in [1.54, 1.807) is 0 Å². The minimum Gasteiger partial charge on any atom is -0.368 e. The van der Waals surface area contributed by atoms with Gasteiger partial charge in [0.05, 0.1) is 5.69 Å². The molecule has 0 aliphatic carbocycles. The predicted octanol–water partition coefficient (Wildman–Crippen LogP) is 5.02. The minimum absolute atomic E-state index is 0.301. The number of hydrogen-bond acceptors (Lipinski definition) is 4.